The van der Waals surface area contributed by atoms with Gasteiger partial charge in [-0.15, -0.1) is 0 Å². The number of piperazine rings is 1. The summed E-state index contributed by atoms with van der Waals surface area (Å²) in [4.78, 5) is 29.3. The van der Waals surface area contributed by atoms with Crippen LogP contribution in [-0.4, -0.2) is 64.1 Å². The Morgan fingerprint density at radius 2 is 1.62 bits per heavy atom. The van der Waals surface area contributed by atoms with Gasteiger partial charge >= 0.3 is 0 Å². The van der Waals surface area contributed by atoms with Crippen LogP contribution in [0.25, 0.3) is 5.69 Å². The number of nitrogens with one attached hydrogen (secondary N) is 1. The molecule has 0 aliphatic carbocycles. The molecular formula is C25H29N5O2. The van der Waals surface area contributed by atoms with Crippen molar-refractivity contribution in [3.63, 3.8) is 0 Å². The molecule has 2 aromatic carbocycles. The van der Waals surface area contributed by atoms with Crippen LogP contribution < -0.4 is 5.32 Å². The van der Waals surface area contributed by atoms with Crippen molar-refractivity contribution in [1.29, 1.82) is 0 Å². The summed E-state index contributed by atoms with van der Waals surface area (Å²) in [5, 5.41) is 7.43. The molecular weight excluding hydrogens is 402 g/mol. The Hall–Kier alpha value is -3.45. The quantitative estimate of drug-likeness (QED) is 0.651. The van der Waals surface area contributed by atoms with Crippen molar-refractivity contribution in [2.75, 3.05) is 32.7 Å². The maximum atomic E-state index is 13.1. The highest BCUT2D eigenvalue weighted by Gasteiger charge is 2.26. The molecule has 0 bridgehead atoms. The van der Waals surface area contributed by atoms with Gasteiger partial charge in [-0.2, -0.15) is 5.10 Å². The molecule has 1 fully saturated rings. The van der Waals surface area contributed by atoms with Crippen molar-refractivity contribution in [2.24, 2.45) is 0 Å². The van der Waals surface area contributed by atoms with Gasteiger partial charge in [0.2, 0.25) is 5.91 Å². The highest BCUT2D eigenvalue weighted by molar-refractivity contribution is 5.95. The zero-order chi connectivity index (χ0) is 22.5. The van der Waals surface area contributed by atoms with Crippen molar-refractivity contribution in [2.45, 2.75) is 20.4 Å². The van der Waals surface area contributed by atoms with E-state index >= 15 is 0 Å². The minimum Gasteiger partial charge on any atom is -0.351 e. The van der Waals surface area contributed by atoms with E-state index in [-0.39, 0.29) is 11.8 Å². The van der Waals surface area contributed by atoms with E-state index in [1.807, 2.05) is 78.0 Å². The minimum absolute atomic E-state index is 0.00369. The van der Waals surface area contributed by atoms with Gasteiger partial charge < -0.3 is 10.2 Å². The van der Waals surface area contributed by atoms with Crippen molar-refractivity contribution in [3.05, 3.63) is 83.2 Å². The first kappa shape index (κ1) is 21.8. The van der Waals surface area contributed by atoms with E-state index in [4.69, 9.17) is 0 Å². The summed E-state index contributed by atoms with van der Waals surface area (Å²) in [6.45, 7) is 7.39. The number of carbonyl (C=O) groups excluding carboxylic acids is 2. The second kappa shape index (κ2) is 9.78. The SMILES string of the molecule is Cc1ccccc1-n1ncc(C(=O)N2CCN(CC(=O)NCc3ccccc3)CC2)c1C. The molecule has 1 aliphatic heterocycles. The highest BCUT2D eigenvalue weighted by atomic mass is 16.2. The van der Waals surface area contributed by atoms with Crippen molar-refractivity contribution in [1.82, 2.24) is 24.9 Å². The number of amides is 2. The van der Waals surface area contributed by atoms with Gasteiger partial charge in [0.25, 0.3) is 5.91 Å². The number of nitrogens with zero attached hydrogens (tertiary/aromatic N) is 4. The lowest BCUT2D eigenvalue weighted by atomic mass is 10.1. The molecule has 0 atom stereocenters. The van der Waals surface area contributed by atoms with Gasteiger partial charge in [-0.3, -0.25) is 14.5 Å². The summed E-state index contributed by atoms with van der Waals surface area (Å²) in [6, 6.07) is 17.9. The van der Waals surface area contributed by atoms with E-state index in [1.165, 1.54) is 0 Å². The molecule has 1 aliphatic rings. The number of hydrogen-bond donors (Lipinski definition) is 1. The Morgan fingerprint density at radius 1 is 0.938 bits per heavy atom. The molecule has 4 rings (SSSR count). The normalized spacial score (nSPS) is 14.4. The number of aromatic nitrogens is 2. The van der Waals surface area contributed by atoms with Crippen LogP contribution in [0.15, 0.2) is 60.8 Å². The summed E-state index contributed by atoms with van der Waals surface area (Å²) in [5.41, 5.74) is 4.64. The van der Waals surface area contributed by atoms with E-state index in [1.54, 1.807) is 6.20 Å². The lowest BCUT2D eigenvalue weighted by Crippen LogP contribution is -2.51. The van der Waals surface area contributed by atoms with Crippen LogP contribution in [0.3, 0.4) is 0 Å². The highest BCUT2D eigenvalue weighted by Crippen LogP contribution is 2.19. The molecule has 1 saturated heterocycles. The molecule has 3 aromatic rings. The maximum Gasteiger partial charge on any atom is 0.257 e. The second-order valence-corrected chi connectivity index (χ2v) is 8.17. The Kier molecular flexibility index (Phi) is 6.66. The third-order valence-electron chi connectivity index (χ3n) is 5.94. The zero-order valence-corrected chi connectivity index (χ0v) is 18.6. The molecule has 2 amide bonds. The van der Waals surface area contributed by atoms with Gasteiger partial charge in [0.1, 0.15) is 0 Å². The van der Waals surface area contributed by atoms with E-state index in [9.17, 15) is 9.59 Å². The Balaban J connectivity index is 1.30. The van der Waals surface area contributed by atoms with Gasteiger partial charge in [0.15, 0.2) is 0 Å². The average Bonchev–Trinajstić information content (AvgIpc) is 3.20. The molecule has 0 saturated carbocycles. The first-order valence-corrected chi connectivity index (χ1v) is 11.0. The fourth-order valence-corrected chi connectivity index (χ4v) is 4.00. The molecule has 1 N–H and O–H groups in total. The first-order chi connectivity index (χ1) is 15.5. The summed E-state index contributed by atoms with van der Waals surface area (Å²) >= 11 is 0. The number of benzene rings is 2. The molecule has 1 aromatic heterocycles. The number of para-hydroxylation sites is 1. The van der Waals surface area contributed by atoms with Crippen molar-refractivity contribution in [3.8, 4) is 5.69 Å². The fraction of sp³-hybridized carbons (Fsp3) is 0.320. The van der Waals surface area contributed by atoms with Crippen LogP contribution in [-0.2, 0) is 11.3 Å². The van der Waals surface area contributed by atoms with Gasteiger partial charge in [0.05, 0.1) is 29.7 Å². The monoisotopic (exact) mass is 431 g/mol. The molecule has 0 radical (unpaired) electrons. The number of carbonyl (C=O) groups is 2. The van der Waals surface area contributed by atoms with Crippen LogP contribution >= 0.6 is 0 Å². The largest absolute Gasteiger partial charge is 0.351 e. The summed E-state index contributed by atoms with van der Waals surface area (Å²) in [5.74, 6) is -0.000468. The van der Waals surface area contributed by atoms with Crippen molar-refractivity contribution >= 4 is 11.8 Å². The number of rotatable bonds is 6. The molecule has 7 nitrogen and oxygen atoms in total. The number of hydrogen-bond acceptors (Lipinski definition) is 4. The Morgan fingerprint density at radius 3 is 2.34 bits per heavy atom. The summed E-state index contributed by atoms with van der Waals surface area (Å²) in [7, 11) is 0. The van der Waals surface area contributed by atoms with Gasteiger partial charge in [0, 0.05) is 32.7 Å². The minimum atomic E-state index is -0.00415. The fourth-order valence-electron chi connectivity index (χ4n) is 4.00. The Bertz CT molecular complexity index is 1080. The third-order valence-corrected chi connectivity index (χ3v) is 5.94. The Labute approximate surface area is 188 Å². The van der Waals surface area contributed by atoms with E-state index in [0.29, 0.717) is 44.8 Å². The standard InChI is InChI=1S/C25H29N5O2/c1-19-8-6-7-11-23(19)30-20(2)22(17-27-30)25(32)29-14-12-28(13-15-29)18-24(31)26-16-21-9-4-3-5-10-21/h3-11,17H,12-16,18H2,1-2H3,(H,26,31). The maximum absolute atomic E-state index is 13.1. The smallest absolute Gasteiger partial charge is 0.257 e. The van der Waals surface area contributed by atoms with Crippen LogP contribution in [0.5, 0.6) is 0 Å². The predicted molar refractivity (Wildman–Crippen MR) is 124 cm³/mol. The molecule has 0 spiro atoms. The average molecular weight is 432 g/mol. The molecule has 7 heteroatoms. The van der Waals surface area contributed by atoms with E-state index in [2.05, 4.69) is 15.3 Å². The number of aryl methyl sites for hydroxylation is 1. The van der Waals surface area contributed by atoms with Gasteiger partial charge in [-0.05, 0) is 31.0 Å². The van der Waals surface area contributed by atoms with Crippen LogP contribution in [0.1, 0.15) is 27.2 Å². The van der Waals surface area contributed by atoms with Gasteiger partial charge in [-0.25, -0.2) is 4.68 Å². The summed E-state index contributed by atoms with van der Waals surface area (Å²) < 4.78 is 1.83. The lowest BCUT2D eigenvalue weighted by Gasteiger charge is -2.34. The molecule has 32 heavy (non-hydrogen) atoms. The molecule has 0 unspecified atom stereocenters. The van der Waals surface area contributed by atoms with Crippen LogP contribution in [0, 0.1) is 13.8 Å². The van der Waals surface area contributed by atoms with Crippen molar-refractivity contribution < 1.29 is 9.59 Å². The topological polar surface area (TPSA) is 70.5 Å². The molecule has 166 valence electrons. The summed E-state index contributed by atoms with van der Waals surface area (Å²) in [6.07, 6.45) is 1.66. The molecule has 2 heterocycles. The first-order valence-electron chi connectivity index (χ1n) is 11.0. The van der Waals surface area contributed by atoms with E-state index < -0.39 is 0 Å². The third kappa shape index (κ3) is 4.89. The predicted octanol–water partition coefficient (Wildman–Crippen LogP) is 2.56. The second-order valence-electron chi connectivity index (χ2n) is 8.17. The van der Waals surface area contributed by atoms with Crippen LogP contribution in [0.4, 0.5) is 0 Å². The van der Waals surface area contributed by atoms with E-state index in [0.717, 1.165) is 22.5 Å². The van der Waals surface area contributed by atoms with Crippen LogP contribution in [0.2, 0.25) is 0 Å². The zero-order valence-electron chi connectivity index (χ0n) is 18.6. The van der Waals surface area contributed by atoms with Gasteiger partial charge in [-0.1, -0.05) is 48.5 Å². The lowest BCUT2D eigenvalue weighted by molar-refractivity contribution is -0.122.